The van der Waals surface area contributed by atoms with Crippen molar-refractivity contribution in [1.82, 2.24) is 14.9 Å². The number of aromatic nitrogens is 2. The second kappa shape index (κ2) is 9.60. The highest BCUT2D eigenvalue weighted by molar-refractivity contribution is 7.07. The molecular formula is C19H20F3N3O5S. The van der Waals surface area contributed by atoms with Crippen LogP contribution in [0.4, 0.5) is 13.2 Å². The highest BCUT2D eigenvalue weighted by atomic mass is 32.1. The van der Waals surface area contributed by atoms with Crippen LogP contribution < -0.4 is 4.74 Å². The normalized spacial score (nSPS) is 22.8. The Kier molecular flexibility index (Phi) is 7.11. The van der Waals surface area contributed by atoms with Crippen LogP contribution in [0, 0.1) is 5.41 Å². The molecule has 2 saturated heterocycles. The Labute approximate surface area is 179 Å². The maximum absolute atomic E-state index is 12.6. The number of hydrogen-bond acceptors (Lipinski definition) is 7. The third kappa shape index (κ3) is 5.70. The smallest absolute Gasteiger partial charge is 0.477 e. The molecule has 168 valence electrons. The number of rotatable bonds is 4. The van der Waals surface area contributed by atoms with Crippen molar-refractivity contribution in [2.24, 2.45) is 5.41 Å². The molecule has 0 spiro atoms. The summed E-state index contributed by atoms with van der Waals surface area (Å²) in [5, 5.41) is 8.93. The van der Waals surface area contributed by atoms with Crippen LogP contribution in [0.3, 0.4) is 0 Å². The van der Waals surface area contributed by atoms with Gasteiger partial charge >= 0.3 is 12.1 Å². The molecule has 2 aromatic rings. The summed E-state index contributed by atoms with van der Waals surface area (Å²) < 4.78 is 43.6. The summed E-state index contributed by atoms with van der Waals surface area (Å²) in [4.78, 5) is 31.8. The van der Waals surface area contributed by atoms with E-state index in [4.69, 9.17) is 19.4 Å². The van der Waals surface area contributed by atoms with E-state index in [9.17, 15) is 18.0 Å². The van der Waals surface area contributed by atoms with Gasteiger partial charge in [-0.15, -0.1) is 11.3 Å². The Morgan fingerprint density at radius 2 is 2.13 bits per heavy atom. The van der Waals surface area contributed by atoms with Gasteiger partial charge in [-0.25, -0.2) is 14.8 Å². The SMILES string of the molecule is O=C(O)C(F)(F)F.O=C(c1cscn1)N1CC[C@H]2OCC[C@@]2(COc2ccccn2)C1. The Bertz CT molecular complexity index is 882. The van der Waals surface area contributed by atoms with E-state index >= 15 is 0 Å². The number of thiazole rings is 1. The first-order valence-corrected chi connectivity index (χ1v) is 10.3. The molecule has 2 aliphatic rings. The second-order valence-corrected chi connectivity index (χ2v) is 7.84. The highest BCUT2D eigenvalue weighted by Gasteiger charge is 2.49. The largest absolute Gasteiger partial charge is 0.490 e. The molecule has 4 heterocycles. The number of amides is 1. The van der Waals surface area contributed by atoms with Crippen molar-refractivity contribution in [2.45, 2.75) is 25.1 Å². The van der Waals surface area contributed by atoms with E-state index < -0.39 is 12.1 Å². The Morgan fingerprint density at radius 1 is 1.35 bits per heavy atom. The number of alkyl halides is 3. The standard InChI is InChI=1S/C17H19N3O3S.C2HF3O2/c21-16(13-9-24-12-19-13)20-7-4-14-17(10-20,5-8-22-14)11-23-15-3-1-2-6-18-15;3-2(4,5)1(6)7/h1-3,6,9,12,14H,4-5,7-8,10-11H2;(H,6,7)/t14-,17+;/m1./s1. The maximum Gasteiger partial charge on any atom is 0.490 e. The summed E-state index contributed by atoms with van der Waals surface area (Å²) in [6.45, 7) is 2.57. The van der Waals surface area contributed by atoms with Crippen molar-refractivity contribution >= 4 is 23.2 Å². The lowest BCUT2D eigenvalue weighted by molar-refractivity contribution is -0.192. The van der Waals surface area contributed by atoms with Gasteiger partial charge < -0.3 is 19.5 Å². The minimum Gasteiger partial charge on any atom is -0.477 e. The van der Waals surface area contributed by atoms with Gasteiger partial charge in [-0.05, 0) is 18.9 Å². The van der Waals surface area contributed by atoms with Crippen molar-refractivity contribution in [2.75, 3.05) is 26.3 Å². The lowest BCUT2D eigenvalue weighted by atomic mass is 9.77. The number of pyridine rings is 1. The van der Waals surface area contributed by atoms with Crippen LogP contribution in [-0.4, -0.2) is 70.4 Å². The number of hydrogen-bond donors (Lipinski definition) is 1. The molecule has 0 aromatic carbocycles. The molecular weight excluding hydrogens is 439 g/mol. The minimum absolute atomic E-state index is 0.00110. The van der Waals surface area contributed by atoms with E-state index in [-0.39, 0.29) is 17.4 Å². The van der Waals surface area contributed by atoms with Gasteiger partial charge in [-0.3, -0.25) is 4.79 Å². The van der Waals surface area contributed by atoms with Crippen LogP contribution in [0.25, 0.3) is 0 Å². The number of aliphatic carboxylic acids is 1. The van der Waals surface area contributed by atoms with Crippen LogP contribution in [-0.2, 0) is 9.53 Å². The van der Waals surface area contributed by atoms with Crippen molar-refractivity contribution in [3.63, 3.8) is 0 Å². The van der Waals surface area contributed by atoms with Gasteiger partial charge in [0.1, 0.15) is 5.69 Å². The average molecular weight is 459 g/mol. The van der Waals surface area contributed by atoms with E-state index in [1.165, 1.54) is 11.3 Å². The third-order valence-electron chi connectivity index (χ3n) is 5.10. The molecule has 2 aromatic heterocycles. The van der Waals surface area contributed by atoms with Crippen molar-refractivity contribution in [3.8, 4) is 5.88 Å². The highest BCUT2D eigenvalue weighted by Crippen LogP contribution is 2.41. The number of piperidine rings is 1. The fraction of sp³-hybridized carbons (Fsp3) is 0.474. The van der Waals surface area contributed by atoms with Gasteiger partial charge in [0.05, 0.1) is 23.6 Å². The van der Waals surface area contributed by atoms with Crippen molar-refractivity contribution in [1.29, 1.82) is 0 Å². The summed E-state index contributed by atoms with van der Waals surface area (Å²) in [7, 11) is 0. The fourth-order valence-electron chi connectivity index (χ4n) is 3.56. The zero-order chi connectivity index (χ0) is 22.5. The number of fused-ring (bicyclic) bond motifs is 1. The number of ether oxygens (including phenoxy) is 2. The molecule has 0 aliphatic carbocycles. The van der Waals surface area contributed by atoms with Gasteiger partial charge in [-0.1, -0.05) is 6.07 Å². The molecule has 8 nitrogen and oxygen atoms in total. The van der Waals surface area contributed by atoms with Crippen LogP contribution in [0.15, 0.2) is 35.3 Å². The van der Waals surface area contributed by atoms with Gasteiger partial charge in [0.15, 0.2) is 0 Å². The number of carboxylic acid groups (broad SMARTS) is 1. The van der Waals surface area contributed by atoms with E-state index in [1.807, 2.05) is 23.1 Å². The van der Waals surface area contributed by atoms with Gasteiger partial charge in [0, 0.05) is 37.3 Å². The number of likely N-dealkylation sites (tertiary alicyclic amines) is 1. The van der Waals surface area contributed by atoms with Gasteiger partial charge in [-0.2, -0.15) is 13.2 Å². The summed E-state index contributed by atoms with van der Waals surface area (Å²) in [5.41, 5.74) is 2.05. The number of carbonyl (C=O) groups is 2. The first-order chi connectivity index (χ1) is 14.7. The lowest BCUT2D eigenvalue weighted by Gasteiger charge is -2.43. The molecule has 0 radical (unpaired) electrons. The van der Waals surface area contributed by atoms with Crippen molar-refractivity contribution < 1.29 is 37.3 Å². The molecule has 4 rings (SSSR count). The summed E-state index contributed by atoms with van der Waals surface area (Å²) >= 11 is 1.44. The molecule has 12 heteroatoms. The summed E-state index contributed by atoms with van der Waals surface area (Å²) in [5.74, 6) is -2.15. The molecule has 1 amide bonds. The summed E-state index contributed by atoms with van der Waals surface area (Å²) in [6, 6.07) is 5.62. The first-order valence-electron chi connectivity index (χ1n) is 9.34. The van der Waals surface area contributed by atoms with Crippen molar-refractivity contribution in [3.05, 3.63) is 41.0 Å². The fourth-order valence-corrected chi connectivity index (χ4v) is 4.09. The Morgan fingerprint density at radius 3 is 2.74 bits per heavy atom. The quantitative estimate of drug-likeness (QED) is 0.750. The molecule has 2 aliphatic heterocycles. The van der Waals surface area contributed by atoms with Crippen LogP contribution in [0.2, 0.25) is 0 Å². The predicted octanol–water partition coefficient (Wildman–Crippen LogP) is 2.87. The zero-order valence-electron chi connectivity index (χ0n) is 16.2. The van der Waals surface area contributed by atoms with Crippen LogP contribution >= 0.6 is 11.3 Å². The summed E-state index contributed by atoms with van der Waals surface area (Å²) in [6.07, 6.45) is -1.50. The number of nitrogens with zero attached hydrogens (tertiary/aromatic N) is 3. The van der Waals surface area contributed by atoms with Gasteiger partial charge in [0.25, 0.3) is 5.91 Å². The number of carbonyl (C=O) groups excluding carboxylic acids is 1. The maximum atomic E-state index is 12.6. The zero-order valence-corrected chi connectivity index (χ0v) is 17.1. The number of halogens is 3. The van der Waals surface area contributed by atoms with E-state index in [2.05, 4.69) is 9.97 Å². The van der Waals surface area contributed by atoms with Crippen LogP contribution in [0.5, 0.6) is 5.88 Å². The predicted molar refractivity (Wildman–Crippen MR) is 103 cm³/mol. The van der Waals surface area contributed by atoms with Gasteiger partial charge in [0.2, 0.25) is 5.88 Å². The monoisotopic (exact) mass is 459 g/mol. The molecule has 2 atom stereocenters. The molecule has 2 fully saturated rings. The lowest BCUT2D eigenvalue weighted by Crippen LogP contribution is -2.54. The molecule has 0 unspecified atom stereocenters. The Hall–Kier alpha value is -2.73. The topological polar surface area (TPSA) is 102 Å². The minimum atomic E-state index is -5.08. The molecule has 1 N–H and O–H groups in total. The Balaban J connectivity index is 0.000000339. The molecule has 0 bridgehead atoms. The van der Waals surface area contributed by atoms with E-state index in [1.54, 1.807) is 17.1 Å². The van der Waals surface area contributed by atoms with Crippen LogP contribution in [0.1, 0.15) is 23.3 Å². The molecule has 31 heavy (non-hydrogen) atoms. The van der Waals surface area contributed by atoms with E-state index in [0.717, 1.165) is 19.4 Å². The first kappa shape index (κ1) is 22.9. The number of carboxylic acids is 1. The second-order valence-electron chi connectivity index (χ2n) is 7.12. The third-order valence-corrected chi connectivity index (χ3v) is 5.68. The van der Waals surface area contributed by atoms with E-state index in [0.29, 0.717) is 31.3 Å². The average Bonchev–Trinajstić information content (AvgIpc) is 3.42. The molecule has 0 saturated carbocycles.